The fourth-order valence-corrected chi connectivity index (χ4v) is 2.00. The van der Waals surface area contributed by atoms with Crippen molar-refractivity contribution in [3.63, 3.8) is 0 Å². The Kier molecular flexibility index (Phi) is 6.65. The van der Waals surface area contributed by atoms with E-state index in [0.29, 0.717) is 0 Å². The molecule has 1 aromatic rings. The summed E-state index contributed by atoms with van der Waals surface area (Å²) in [5, 5.41) is 3.36. The Bertz CT molecular complexity index is 373. The number of benzene rings is 1. The highest BCUT2D eigenvalue weighted by Crippen LogP contribution is 2.05. The molecule has 1 N–H and O–H groups in total. The third-order valence-corrected chi connectivity index (χ3v) is 3.32. The maximum absolute atomic E-state index is 4.30. The predicted octanol–water partition coefficient (Wildman–Crippen LogP) is 2.37. The van der Waals surface area contributed by atoms with Crippen LogP contribution in [0.25, 0.3) is 0 Å². The van der Waals surface area contributed by atoms with E-state index in [2.05, 4.69) is 59.7 Å². The molecule has 0 aliphatic carbocycles. The standard InChI is InChI=1S/C14H23N3S/c1-12-5-7-13(8-6-12)11-17(3)14(15-2)16-9-10-18-4/h5-8H,9-11H2,1-4H3,(H,15,16). The average molecular weight is 265 g/mol. The third kappa shape index (κ3) is 5.00. The van der Waals surface area contributed by atoms with Crippen molar-refractivity contribution in [3.8, 4) is 0 Å². The summed E-state index contributed by atoms with van der Waals surface area (Å²) in [6.07, 6.45) is 2.11. The zero-order valence-corrected chi connectivity index (χ0v) is 12.5. The first-order chi connectivity index (χ1) is 8.67. The van der Waals surface area contributed by atoms with Gasteiger partial charge in [-0.1, -0.05) is 29.8 Å². The molecule has 0 bridgehead atoms. The lowest BCUT2D eigenvalue weighted by atomic mass is 10.1. The minimum Gasteiger partial charge on any atom is -0.355 e. The first kappa shape index (κ1) is 14.9. The number of hydrogen-bond donors (Lipinski definition) is 1. The second-order valence-electron chi connectivity index (χ2n) is 4.31. The molecule has 0 aliphatic heterocycles. The van der Waals surface area contributed by atoms with Crippen LogP contribution in [0.4, 0.5) is 0 Å². The smallest absolute Gasteiger partial charge is 0.193 e. The zero-order valence-electron chi connectivity index (χ0n) is 11.7. The highest BCUT2D eigenvalue weighted by atomic mass is 32.2. The summed E-state index contributed by atoms with van der Waals surface area (Å²) in [5.41, 5.74) is 2.60. The van der Waals surface area contributed by atoms with Crippen molar-refractivity contribution >= 4 is 17.7 Å². The number of thioether (sulfide) groups is 1. The Morgan fingerprint density at radius 3 is 2.56 bits per heavy atom. The van der Waals surface area contributed by atoms with Gasteiger partial charge in [-0.25, -0.2) is 0 Å². The lowest BCUT2D eigenvalue weighted by molar-refractivity contribution is 0.479. The number of guanidine groups is 1. The van der Waals surface area contributed by atoms with E-state index < -0.39 is 0 Å². The average Bonchev–Trinajstić information content (AvgIpc) is 2.37. The summed E-state index contributed by atoms with van der Waals surface area (Å²) in [7, 11) is 3.89. The molecule has 0 heterocycles. The van der Waals surface area contributed by atoms with Crippen molar-refractivity contribution in [2.45, 2.75) is 13.5 Å². The van der Waals surface area contributed by atoms with Crippen LogP contribution < -0.4 is 5.32 Å². The number of hydrogen-bond acceptors (Lipinski definition) is 2. The van der Waals surface area contributed by atoms with Gasteiger partial charge >= 0.3 is 0 Å². The Morgan fingerprint density at radius 2 is 2.00 bits per heavy atom. The van der Waals surface area contributed by atoms with E-state index in [1.807, 2.05) is 18.8 Å². The van der Waals surface area contributed by atoms with Gasteiger partial charge in [0.05, 0.1) is 0 Å². The van der Waals surface area contributed by atoms with Crippen molar-refractivity contribution < 1.29 is 0 Å². The van der Waals surface area contributed by atoms with Crippen LogP contribution in [-0.2, 0) is 6.54 Å². The van der Waals surface area contributed by atoms with Crippen molar-refractivity contribution in [3.05, 3.63) is 35.4 Å². The van der Waals surface area contributed by atoms with E-state index in [1.54, 1.807) is 0 Å². The first-order valence-electron chi connectivity index (χ1n) is 6.13. The molecular weight excluding hydrogens is 242 g/mol. The van der Waals surface area contributed by atoms with E-state index >= 15 is 0 Å². The van der Waals surface area contributed by atoms with Gasteiger partial charge in [-0.2, -0.15) is 11.8 Å². The van der Waals surface area contributed by atoms with E-state index in [9.17, 15) is 0 Å². The van der Waals surface area contributed by atoms with E-state index in [0.717, 1.165) is 24.8 Å². The van der Waals surface area contributed by atoms with Crippen molar-refractivity contribution in [2.24, 2.45) is 4.99 Å². The summed E-state index contributed by atoms with van der Waals surface area (Å²) in [5.74, 6) is 2.04. The zero-order chi connectivity index (χ0) is 13.4. The topological polar surface area (TPSA) is 27.6 Å². The molecule has 18 heavy (non-hydrogen) atoms. The Balaban J connectivity index is 2.51. The Labute approximate surface area is 115 Å². The first-order valence-corrected chi connectivity index (χ1v) is 7.53. The van der Waals surface area contributed by atoms with Crippen LogP contribution >= 0.6 is 11.8 Å². The second-order valence-corrected chi connectivity index (χ2v) is 5.29. The summed E-state index contributed by atoms with van der Waals surface area (Å²) >= 11 is 1.84. The summed E-state index contributed by atoms with van der Waals surface area (Å²) in [6, 6.07) is 8.63. The van der Waals surface area contributed by atoms with Crippen molar-refractivity contribution in [2.75, 3.05) is 32.6 Å². The third-order valence-electron chi connectivity index (χ3n) is 2.70. The minimum atomic E-state index is 0.874. The number of nitrogens with zero attached hydrogens (tertiary/aromatic N) is 2. The van der Waals surface area contributed by atoms with Crippen LogP contribution in [-0.4, -0.2) is 43.5 Å². The molecule has 0 aliphatic rings. The molecule has 1 aromatic carbocycles. The van der Waals surface area contributed by atoms with Crippen LogP contribution in [0.5, 0.6) is 0 Å². The van der Waals surface area contributed by atoms with E-state index in [1.165, 1.54) is 11.1 Å². The van der Waals surface area contributed by atoms with E-state index in [4.69, 9.17) is 0 Å². The predicted molar refractivity (Wildman–Crippen MR) is 82.4 cm³/mol. The molecule has 0 saturated carbocycles. The molecule has 0 spiro atoms. The molecule has 4 heteroatoms. The molecule has 0 atom stereocenters. The molecule has 0 radical (unpaired) electrons. The highest BCUT2D eigenvalue weighted by molar-refractivity contribution is 7.98. The van der Waals surface area contributed by atoms with Gasteiger partial charge in [-0.3, -0.25) is 4.99 Å². The number of aliphatic imine (C=N–C) groups is 1. The maximum Gasteiger partial charge on any atom is 0.193 e. The Hall–Kier alpha value is -1.16. The van der Waals surface area contributed by atoms with Crippen LogP contribution in [0.15, 0.2) is 29.3 Å². The van der Waals surface area contributed by atoms with Gasteiger partial charge in [0, 0.05) is 32.9 Å². The van der Waals surface area contributed by atoms with E-state index in [-0.39, 0.29) is 0 Å². The molecular formula is C14H23N3S. The number of aryl methyl sites for hydroxylation is 1. The lowest BCUT2D eigenvalue weighted by Crippen LogP contribution is -2.39. The minimum absolute atomic E-state index is 0.874. The van der Waals surface area contributed by atoms with Crippen molar-refractivity contribution in [1.29, 1.82) is 0 Å². The van der Waals surface area contributed by atoms with Gasteiger partial charge in [0.15, 0.2) is 5.96 Å². The fourth-order valence-electron chi connectivity index (χ4n) is 1.69. The molecule has 3 nitrogen and oxygen atoms in total. The molecule has 0 amide bonds. The van der Waals surface area contributed by atoms with Gasteiger partial charge in [0.1, 0.15) is 0 Å². The van der Waals surface area contributed by atoms with Crippen LogP contribution in [0.2, 0.25) is 0 Å². The lowest BCUT2D eigenvalue weighted by Gasteiger charge is -2.22. The quantitative estimate of drug-likeness (QED) is 0.503. The Morgan fingerprint density at radius 1 is 1.33 bits per heavy atom. The SMILES string of the molecule is CN=C(NCCSC)N(C)Cc1ccc(C)cc1. The summed E-state index contributed by atoms with van der Waals surface area (Å²) < 4.78 is 0. The van der Waals surface area contributed by atoms with Gasteiger partial charge in [-0.05, 0) is 18.7 Å². The fraction of sp³-hybridized carbons (Fsp3) is 0.500. The molecule has 0 fully saturated rings. The van der Waals surface area contributed by atoms with Crippen LogP contribution in [0.1, 0.15) is 11.1 Å². The molecule has 1 rings (SSSR count). The van der Waals surface area contributed by atoms with Gasteiger partial charge < -0.3 is 10.2 Å². The maximum atomic E-state index is 4.30. The largest absolute Gasteiger partial charge is 0.355 e. The second kappa shape index (κ2) is 8.03. The summed E-state index contributed by atoms with van der Waals surface area (Å²) in [4.78, 5) is 6.44. The van der Waals surface area contributed by atoms with Crippen LogP contribution in [0.3, 0.4) is 0 Å². The number of rotatable bonds is 5. The van der Waals surface area contributed by atoms with Crippen molar-refractivity contribution in [1.82, 2.24) is 10.2 Å². The molecule has 0 aromatic heterocycles. The van der Waals surface area contributed by atoms with Gasteiger partial charge in [-0.15, -0.1) is 0 Å². The monoisotopic (exact) mass is 265 g/mol. The molecule has 0 saturated heterocycles. The van der Waals surface area contributed by atoms with Crippen LogP contribution in [0, 0.1) is 6.92 Å². The molecule has 100 valence electrons. The highest BCUT2D eigenvalue weighted by Gasteiger charge is 2.05. The van der Waals surface area contributed by atoms with Gasteiger partial charge in [0.2, 0.25) is 0 Å². The number of nitrogens with one attached hydrogen (secondary N) is 1. The van der Waals surface area contributed by atoms with Gasteiger partial charge in [0.25, 0.3) is 0 Å². The molecule has 0 unspecified atom stereocenters. The normalized spacial score (nSPS) is 11.4. The summed E-state index contributed by atoms with van der Waals surface area (Å²) in [6.45, 7) is 3.93.